The van der Waals surface area contributed by atoms with E-state index in [0.29, 0.717) is 23.7 Å². The SMILES string of the molecule is CCCN(CC1CCCN1)S(=O)(=O)c1cccc(OC)c1. The highest BCUT2D eigenvalue weighted by Crippen LogP contribution is 2.22. The van der Waals surface area contributed by atoms with E-state index in [-0.39, 0.29) is 6.04 Å². The lowest BCUT2D eigenvalue weighted by molar-refractivity contribution is 0.369. The molecule has 0 amide bonds. The zero-order chi connectivity index (χ0) is 15.3. The van der Waals surface area contributed by atoms with Crippen molar-refractivity contribution in [3.05, 3.63) is 24.3 Å². The molecule has 0 aromatic heterocycles. The predicted molar refractivity (Wildman–Crippen MR) is 83.1 cm³/mol. The molecule has 1 aliphatic rings. The summed E-state index contributed by atoms with van der Waals surface area (Å²) in [5, 5.41) is 3.36. The number of hydrogen-bond donors (Lipinski definition) is 1. The summed E-state index contributed by atoms with van der Waals surface area (Å²) in [7, 11) is -1.93. The van der Waals surface area contributed by atoms with Gasteiger partial charge >= 0.3 is 0 Å². The van der Waals surface area contributed by atoms with Gasteiger partial charge < -0.3 is 10.1 Å². The minimum Gasteiger partial charge on any atom is -0.497 e. The smallest absolute Gasteiger partial charge is 0.243 e. The van der Waals surface area contributed by atoms with E-state index in [2.05, 4.69) is 5.32 Å². The van der Waals surface area contributed by atoms with Crippen LogP contribution < -0.4 is 10.1 Å². The summed E-state index contributed by atoms with van der Waals surface area (Å²) in [5.74, 6) is 0.562. The molecule has 1 fully saturated rings. The van der Waals surface area contributed by atoms with Crippen molar-refractivity contribution < 1.29 is 13.2 Å². The van der Waals surface area contributed by atoms with Crippen molar-refractivity contribution in [2.45, 2.75) is 37.1 Å². The Balaban J connectivity index is 2.22. The molecule has 1 aromatic rings. The highest BCUT2D eigenvalue weighted by molar-refractivity contribution is 7.89. The second-order valence-electron chi connectivity index (χ2n) is 5.34. The summed E-state index contributed by atoms with van der Waals surface area (Å²) in [6.07, 6.45) is 2.95. The summed E-state index contributed by atoms with van der Waals surface area (Å²) >= 11 is 0. The van der Waals surface area contributed by atoms with Crippen molar-refractivity contribution in [1.82, 2.24) is 9.62 Å². The van der Waals surface area contributed by atoms with Gasteiger partial charge in [-0.3, -0.25) is 0 Å². The van der Waals surface area contributed by atoms with E-state index in [4.69, 9.17) is 4.74 Å². The van der Waals surface area contributed by atoms with Crippen molar-refractivity contribution in [1.29, 1.82) is 0 Å². The Bertz CT molecular complexity index is 554. The molecule has 1 N–H and O–H groups in total. The van der Waals surface area contributed by atoms with Crippen LogP contribution in [0, 0.1) is 0 Å². The van der Waals surface area contributed by atoms with E-state index in [9.17, 15) is 8.42 Å². The molecular weight excluding hydrogens is 288 g/mol. The van der Waals surface area contributed by atoms with Crippen molar-refractivity contribution in [2.24, 2.45) is 0 Å². The molecule has 2 rings (SSSR count). The third-order valence-electron chi connectivity index (χ3n) is 3.74. The van der Waals surface area contributed by atoms with Crippen LogP contribution in [0.2, 0.25) is 0 Å². The fourth-order valence-corrected chi connectivity index (χ4v) is 4.24. The van der Waals surface area contributed by atoms with Gasteiger partial charge in [-0.1, -0.05) is 13.0 Å². The van der Waals surface area contributed by atoms with Crippen LogP contribution in [0.25, 0.3) is 0 Å². The molecule has 118 valence electrons. The summed E-state index contributed by atoms with van der Waals surface area (Å²) in [6, 6.07) is 6.94. The molecule has 21 heavy (non-hydrogen) atoms. The fourth-order valence-electron chi connectivity index (χ4n) is 2.63. The standard InChI is InChI=1S/C15H24N2O3S/c1-3-10-17(12-13-6-5-9-16-13)21(18,19)15-8-4-7-14(11-15)20-2/h4,7-8,11,13,16H,3,5-6,9-10,12H2,1-2H3. The molecule has 0 radical (unpaired) electrons. The average molecular weight is 312 g/mol. The second kappa shape index (κ2) is 7.24. The minimum absolute atomic E-state index is 0.261. The molecule has 1 aliphatic heterocycles. The Hall–Kier alpha value is -1.11. The van der Waals surface area contributed by atoms with E-state index in [0.717, 1.165) is 25.8 Å². The van der Waals surface area contributed by atoms with Crippen molar-refractivity contribution in [3.8, 4) is 5.75 Å². The zero-order valence-corrected chi connectivity index (χ0v) is 13.5. The summed E-state index contributed by atoms with van der Waals surface area (Å²) < 4.78 is 32.4. The largest absolute Gasteiger partial charge is 0.497 e. The van der Waals surface area contributed by atoms with Gasteiger partial charge in [-0.2, -0.15) is 4.31 Å². The van der Waals surface area contributed by atoms with E-state index in [1.807, 2.05) is 6.92 Å². The monoisotopic (exact) mass is 312 g/mol. The lowest BCUT2D eigenvalue weighted by atomic mass is 10.2. The van der Waals surface area contributed by atoms with Crippen LogP contribution in [0.5, 0.6) is 5.75 Å². The van der Waals surface area contributed by atoms with Crippen LogP contribution in [-0.2, 0) is 10.0 Å². The van der Waals surface area contributed by atoms with Crippen LogP contribution >= 0.6 is 0 Å². The van der Waals surface area contributed by atoms with E-state index in [1.54, 1.807) is 28.6 Å². The van der Waals surface area contributed by atoms with Gasteiger partial charge in [0.05, 0.1) is 12.0 Å². The molecule has 6 heteroatoms. The van der Waals surface area contributed by atoms with Crippen LogP contribution in [0.1, 0.15) is 26.2 Å². The Morgan fingerprint density at radius 3 is 2.86 bits per heavy atom. The van der Waals surface area contributed by atoms with Crippen LogP contribution in [0.4, 0.5) is 0 Å². The van der Waals surface area contributed by atoms with Gasteiger partial charge in [0.25, 0.3) is 0 Å². The van der Waals surface area contributed by atoms with Crippen LogP contribution in [-0.4, -0.2) is 45.5 Å². The molecule has 1 aromatic carbocycles. The van der Waals surface area contributed by atoms with E-state index < -0.39 is 10.0 Å². The normalized spacial score (nSPS) is 19.1. The molecule has 0 bridgehead atoms. The highest BCUT2D eigenvalue weighted by atomic mass is 32.2. The first-order valence-electron chi connectivity index (χ1n) is 7.45. The second-order valence-corrected chi connectivity index (χ2v) is 7.27. The van der Waals surface area contributed by atoms with Gasteiger partial charge in [0.1, 0.15) is 5.75 Å². The minimum atomic E-state index is -3.47. The molecule has 0 aliphatic carbocycles. The van der Waals surface area contributed by atoms with Gasteiger partial charge in [-0.25, -0.2) is 8.42 Å². The first-order chi connectivity index (χ1) is 10.1. The van der Waals surface area contributed by atoms with Crippen LogP contribution in [0.3, 0.4) is 0 Å². The van der Waals surface area contributed by atoms with Crippen molar-refractivity contribution in [3.63, 3.8) is 0 Å². The van der Waals surface area contributed by atoms with Crippen LogP contribution in [0.15, 0.2) is 29.2 Å². The van der Waals surface area contributed by atoms with E-state index in [1.165, 1.54) is 7.11 Å². The number of ether oxygens (including phenoxy) is 1. The molecule has 1 heterocycles. The molecule has 1 atom stereocenters. The van der Waals surface area contributed by atoms with Crippen molar-refractivity contribution in [2.75, 3.05) is 26.7 Å². The number of nitrogens with zero attached hydrogens (tertiary/aromatic N) is 1. The maximum absolute atomic E-state index is 12.8. The predicted octanol–water partition coefficient (Wildman–Crippen LogP) is 1.85. The van der Waals surface area contributed by atoms with Gasteiger partial charge in [-0.05, 0) is 37.9 Å². The lowest BCUT2D eigenvalue weighted by Crippen LogP contribution is -2.41. The Morgan fingerprint density at radius 2 is 2.24 bits per heavy atom. The fraction of sp³-hybridized carbons (Fsp3) is 0.600. The number of hydrogen-bond acceptors (Lipinski definition) is 4. The quantitative estimate of drug-likeness (QED) is 0.835. The van der Waals surface area contributed by atoms with Gasteiger partial charge in [0, 0.05) is 25.2 Å². The van der Waals surface area contributed by atoms with Crippen molar-refractivity contribution >= 4 is 10.0 Å². The van der Waals surface area contributed by atoms with Gasteiger partial charge in [0.15, 0.2) is 0 Å². The summed E-state index contributed by atoms with van der Waals surface area (Å²) in [4.78, 5) is 0.299. The molecule has 0 spiro atoms. The Morgan fingerprint density at radius 1 is 1.43 bits per heavy atom. The molecule has 0 saturated carbocycles. The maximum atomic E-state index is 12.8. The third-order valence-corrected chi connectivity index (χ3v) is 5.60. The first-order valence-corrected chi connectivity index (χ1v) is 8.89. The number of sulfonamides is 1. The number of rotatable bonds is 7. The molecular formula is C15H24N2O3S. The number of methoxy groups -OCH3 is 1. The highest BCUT2D eigenvalue weighted by Gasteiger charge is 2.27. The van der Waals surface area contributed by atoms with Gasteiger partial charge in [0.2, 0.25) is 10.0 Å². The van der Waals surface area contributed by atoms with Gasteiger partial charge in [-0.15, -0.1) is 0 Å². The number of nitrogens with one attached hydrogen (secondary N) is 1. The first kappa shape index (κ1) is 16.3. The molecule has 5 nitrogen and oxygen atoms in total. The molecule has 1 unspecified atom stereocenters. The average Bonchev–Trinajstić information content (AvgIpc) is 3.00. The Kier molecular flexibility index (Phi) is 5.61. The molecule has 1 saturated heterocycles. The van der Waals surface area contributed by atoms with E-state index >= 15 is 0 Å². The Labute approximate surface area is 127 Å². The number of benzene rings is 1. The summed E-state index contributed by atoms with van der Waals surface area (Å²) in [5.41, 5.74) is 0. The lowest BCUT2D eigenvalue weighted by Gasteiger charge is -2.25. The summed E-state index contributed by atoms with van der Waals surface area (Å²) in [6.45, 7) is 4.05. The third kappa shape index (κ3) is 3.96. The zero-order valence-electron chi connectivity index (χ0n) is 12.7. The maximum Gasteiger partial charge on any atom is 0.243 e. The topological polar surface area (TPSA) is 58.6 Å².